The molecule has 13 heavy (non-hydrogen) atoms. The van der Waals surface area contributed by atoms with Crippen LogP contribution in [-0.2, 0) is 6.42 Å². The maximum Gasteiger partial charge on any atom is 0.165 e. The fourth-order valence-electron chi connectivity index (χ4n) is 1.79. The quantitative estimate of drug-likeness (QED) is 0.647. The van der Waals surface area contributed by atoms with Gasteiger partial charge in [0.05, 0.1) is 0 Å². The van der Waals surface area contributed by atoms with E-state index in [4.69, 9.17) is 17.3 Å². The molecular formula is C10H10ClNO. The molecule has 0 bridgehead atoms. The van der Waals surface area contributed by atoms with Crippen molar-refractivity contribution in [3.05, 3.63) is 28.3 Å². The van der Waals surface area contributed by atoms with E-state index in [0.29, 0.717) is 22.7 Å². The predicted molar refractivity (Wildman–Crippen MR) is 53.1 cm³/mol. The van der Waals surface area contributed by atoms with Gasteiger partial charge in [-0.1, -0.05) is 11.6 Å². The summed E-state index contributed by atoms with van der Waals surface area (Å²) in [5.74, 6) is 0.149. The molecule has 0 fully saturated rings. The van der Waals surface area contributed by atoms with E-state index >= 15 is 0 Å². The summed E-state index contributed by atoms with van der Waals surface area (Å²) < 4.78 is 0. The minimum absolute atomic E-state index is 0.149. The summed E-state index contributed by atoms with van der Waals surface area (Å²) in [6, 6.07) is 3.48. The third-order valence-electron chi connectivity index (χ3n) is 2.34. The van der Waals surface area contributed by atoms with Crippen molar-refractivity contribution in [2.24, 2.45) is 0 Å². The van der Waals surface area contributed by atoms with Crippen LogP contribution >= 0.6 is 11.6 Å². The van der Waals surface area contributed by atoms with Gasteiger partial charge in [-0.3, -0.25) is 4.79 Å². The maximum absolute atomic E-state index is 11.5. The van der Waals surface area contributed by atoms with Crippen molar-refractivity contribution in [2.45, 2.75) is 19.3 Å². The second kappa shape index (κ2) is 3.04. The summed E-state index contributed by atoms with van der Waals surface area (Å²) >= 11 is 5.84. The zero-order valence-electron chi connectivity index (χ0n) is 7.14. The largest absolute Gasteiger partial charge is 0.398 e. The predicted octanol–water partition coefficient (Wildman–Crippen LogP) is 2.44. The van der Waals surface area contributed by atoms with E-state index in [0.717, 1.165) is 18.4 Å². The number of benzene rings is 1. The van der Waals surface area contributed by atoms with E-state index in [1.807, 2.05) is 6.07 Å². The summed E-state index contributed by atoms with van der Waals surface area (Å²) in [6.45, 7) is 0. The van der Waals surface area contributed by atoms with Gasteiger partial charge >= 0.3 is 0 Å². The molecule has 0 heterocycles. The van der Waals surface area contributed by atoms with Crippen LogP contribution in [0.5, 0.6) is 0 Å². The van der Waals surface area contributed by atoms with Gasteiger partial charge < -0.3 is 5.73 Å². The number of nitrogens with two attached hydrogens (primary N) is 1. The topological polar surface area (TPSA) is 43.1 Å². The van der Waals surface area contributed by atoms with Crippen molar-refractivity contribution in [3.8, 4) is 0 Å². The number of aryl methyl sites for hydroxylation is 1. The number of carbonyl (C=O) groups is 1. The van der Waals surface area contributed by atoms with Crippen LogP contribution in [0.3, 0.4) is 0 Å². The number of hydrogen-bond acceptors (Lipinski definition) is 2. The van der Waals surface area contributed by atoms with Gasteiger partial charge in [0.25, 0.3) is 0 Å². The van der Waals surface area contributed by atoms with E-state index in [9.17, 15) is 4.79 Å². The highest BCUT2D eigenvalue weighted by Crippen LogP contribution is 2.29. The van der Waals surface area contributed by atoms with Gasteiger partial charge in [-0.25, -0.2) is 0 Å². The monoisotopic (exact) mass is 195 g/mol. The lowest BCUT2D eigenvalue weighted by molar-refractivity contribution is 0.0973. The van der Waals surface area contributed by atoms with Gasteiger partial charge in [0.2, 0.25) is 0 Å². The minimum atomic E-state index is 0.149. The molecule has 0 unspecified atom stereocenters. The summed E-state index contributed by atoms with van der Waals surface area (Å²) in [5.41, 5.74) is 7.94. The van der Waals surface area contributed by atoms with Crippen LogP contribution in [0.15, 0.2) is 12.1 Å². The summed E-state index contributed by atoms with van der Waals surface area (Å²) in [7, 11) is 0. The van der Waals surface area contributed by atoms with Gasteiger partial charge in [0, 0.05) is 22.7 Å². The number of ketones is 1. The molecule has 2 rings (SSSR count). The van der Waals surface area contributed by atoms with Crippen LogP contribution in [-0.4, -0.2) is 5.78 Å². The lowest BCUT2D eigenvalue weighted by Gasteiger charge is -2.16. The summed E-state index contributed by atoms with van der Waals surface area (Å²) in [6.07, 6.45) is 2.43. The molecule has 1 aliphatic carbocycles. The Labute approximate surface area is 81.7 Å². The molecule has 0 aliphatic heterocycles. The standard InChI is InChI=1S/C10H10ClNO/c11-7-4-6-2-1-3-9(13)10(6)8(12)5-7/h4-5H,1-3,12H2. The molecule has 0 atom stereocenters. The number of carbonyl (C=O) groups excluding carboxylic acids is 1. The average molecular weight is 196 g/mol. The second-order valence-corrected chi connectivity index (χ2v) is 3.74. The van der Waals surface area contributed by atoms with Crippen LogP contribution in [0.2, 0.25) is 5.02 Å². The molecule has 0 saturated carbocycles. The molecule has 1 aromatic rings. The minimum Gasteiger partial charge on any atom is -0.398 e. The Morgan fingerprint density at radius 3 is 2.85 bits per heavy atom. The second-order valence-electron chi connectivity index (χ2n) is 3.31. The number of nitrogen functional groups attached to an aromatic ring is 1. The average Bonchev–Trinajstić information content (AvgIpc) is 2.02. The van der Waals surface area contributed by atoms with Crippen molar-refractivity contribution >= 4 is 23.1 Å². The number of Topliss-reactive ketones (excluding diaryl/α,β-unsaturated/α-hetero) is 1. The number of hydrogen-bond donors (Lipinski definition) is 1. The highest BCUT2D eigenvalue weighted by Gasteiger charge is 2.19. The van der Waals surface area contributed by atoms with E-state index in [2.05, 4.69) is 0 Å². The Hall–Kier alpha value is -1.02. The van der Waals surface area contributed by atoms with Crippen molar-refractivity contribution < 1.29 is 4.79 Å². The molecule has 68 valence electrons. The first-order valence-corrected chi connectivity index (χ1v) is 4.67. The van der Waals surface area contributed by atoms with Crippen molar-refractivity contribution in [3.63, 3.8) is 0 Å². The van der Waals surface area contributed by atoms with Gasteiger partial charge in [-0.15, -0.1) is 0 Å². The smallest absolute Gasteiger partial charge is 0.165 e. The molecule has 2 nitrogen and oxygen atoms in total. The molecule has 0 amide bonds. The van der Waals surface area contributed by atoms with Crippen LogP contribution in [0.4, 0.5) is 5.69 Å². The lowest BCUT2D eigenvalue weighted by Crippen LogP contribution is -2.13. The van der Waals surface area contributed by atoms with Crippen LogP contribution < -0.4 is 5.73 Å². The normalized spacial score (nSPS) is 15.6. The Morgan fingerprint density at radius 1 is 1.31 bits per heavy atom. The number of halogens is 1. The third kappa shape index (κ3) is 1.42. The molecule has 0 aromatic heterocycles. The highest BCUT2D eigenvalue weighted by molar-refractivity contribution is 6.31. The van der Waals surface area contributed by atoms with Gasteiger partial charge in [-0.2, -0.15) is 0 Å². The Kier molecular flexibility index (Phi) is 2.00. The zero-order valence-corrected chi connectivity index (χ0v) is 7.90. The number of fused-ring (bicyclic) bond motifs is 1. The van der Waals surface area contributed by atoms with E-state index in [1.165, 1.54) is 0 Å². The first kappa shape index (κ1) is 8.57. The summed E-state index contributed by atoms with van der Waals surface area (Å²) in [5, 5.41) is 0.617. The molecule has 0 radical (unpaired) electrons. The van der Waals surface area contributed by atoms with Gasteiger partial charge in [0.15, 0.2) is 5.78 Å². The highest BCUT2D eigenvalue weighted by atomic mass is 35.5. The first-order chi connectivity index (χ1) is 6.18. The Balaban J connectivity index is 2.63. The molecular weight excluding hydrogens is 186 g/mol. The molecule has 0 spiro atoms. The fraction of sp³-hybridized carbons (Fsp3) is 0.300. The molecule has 2 N–H and O–H groups in total. The zero-order chi connectivity index (χ0) is 9.42. The molecule has 0 saturated heterocycles. The fourth-order valence-corrected chi connectivity index (χ4v) is 2.04. The van der Waals surface area contributed by atoms with Crippen molar-refractivity contribution in [1.82, 2.24) is 0 Å². The van der Waals surface area contributed by atoms with Crippen molar-refractivity contribution in [2.75, 3.05) is 5.73 Å². The number of rotatable bonds is 0. The Morgan fingerprint density at radius 2 is 2.08 bits per heavy atom. The van der Waals surface area contributed by atoms with Crippen LogP contribution in [0, 0.1) is 0 Å². The van der Waals surface area contributed by atoms with E-state index < -0.39 is 0 Å². The molecule has 1 aliphatic rings. The SMILES string of the molecule is Nc1cc(Cl)cc2c1C(=O)CCC2. The molecule has 1 aromatic carbocycles. The van der Waals surface area contributed by atoms with Crippen LogP contribution in [0.25, 0.3) is 0 Å². The van der Waals surface area contributed by atoms with Gasteiger partial charge in [0.1, 0.15) is 0 Å². The third-order valence-corrected chi connectivity index (χ3v) is 2.56. The number of anilines is 1. The van der Waals surface area contributed by atoms with Crippen molar-refractivity contribution in [1.29, 1.82) is 0 Å². The maximum atomic E-state index is 11.5. The van der Waals surface area contributed by atoms with Crippen LogP contribution in [0.1, 0.15) is 28.8 Å². The summed E-state index contributed by atoms with van der Waals surface area (Å²) in [4.78, 5) is 11.5. The van der Waals surface area contributed by atoms with E-state index in [-0.39, 0.29) is 5.78 Å². The lowest BCUT2D eigenvalue weighted by atomic mass is 9.89. The van der Waals surface area contributed by atoms with E-state index in [1.54, 1.807) is 6.07 Å². The first-order valence-electron chi connectivity index (χ1n) is 4.29. The van der Waals surface area contributed by atoms with Gasteiger partial charge in [-0.05, 0) is 30.5 Å². The molecule has 3 heteroatoms. The Bertz CT molecular complexity index is 373.